The van der Waals surface area contributed by atoms with Crippen molar-refractivity contribution >= 4 is 11.6 Å². The molecule has 1 fully saturated rings. The van der Waals surface area contributed by atoms with Crippen LogP contribution < -0.4 is 10.6 Å². The molecule has 1 saturated heterocycles. The predicted octanol–water partition coefficient (Wildman–Crippen LogP) is 1.87. The molecule has 0 aromatic heterocycles. The molecule has 0 saturated carbocycles. The lowest BCUT2D eigenvalue weighted by atomic mass is 9.95. The number of carbonyl (C=O) groups is 1. The summed E-state index contributed by atoms with van der Waals surface area (Å²) in [5.74, 6) is 0.533. The van der Waals surface area contributed by atoms with Crippen molar-refractivity contribution in [3.63, 3.8) is 0 Å². The van der Waals surface area contributed by atoms with Gasteiger partial charge in [-0.3, -0.25) is 4.79 Å². The number of hydrogen-bond acceptors (Lipinski definition) is 2. The summed E-state index contributed by atoms with van der Waals surface area (Å²) in [7, 11) is 0. The molecule has 0 aliphatic carbocycles. The third-order valence-electron chi connectivity index (χ3n) is 3.29. The van der Waals surface area contributed by atoms with Gasteiger partial charge in [0, 0.05) is 5.69 Å². The van der Waals surface area contributed by atoms with Crippen LogP contribution in [-0.2, 0) is 4.79 Å². The SMILES string of the molecule is CC(C)c1ccc(N2C(=O)[C@H](N)[C@@H]2C)cc1. The minimum atomic E-state index is -0.329. The van der Waals surface area contributed by atoms with Crippen molar-refractivity contribution in [3.05, 3.63) is 29.8 Å². The topological polar surface area (TPSA) is 46.3 Å². The van der Waals surface area contributed by atoms with Crippen LogP contribution in [0.25, 0.3) is 0 Å². The lowest BCUT2D eigenvalue weighted by molar-refractivity contribution is -0.125. The van der Waals surface area contributed by atoms with Crippen molar-refractivity contribution in [2.75, 3.05) is 4.90 Å². The zero-order valence-corrected chi connectivity index (χ0v) is 9.97. The van der Waals surface area contributed by atoms with Gasteiger partial charge in [-0.15, -0.1) is 0 Å². The maximum atomic E-state index is 11.6. The number of hydrogen-bond donors (Lipinski definition) is 1. The molecule has 1 aliphatic heterocycles. The van der Waals surface area contributed by atoms with Crippen molar-refractivity contribution in [1.29, 1.82) is 0 Å². The van der Waals surface area contributed by atoms with Crippen LogP contribution in [0.15, 0.2) is 24.3 Å². The highest BCUT2D eigenvalue weighted by Gasteiger charge is 2.42. The fourth-order valence-corrected chi connectivity index (χ4v) is 2.03. The average molecular weight is 218 g/mol. The van der Waals surface area contributed by atoms with Crippen LogP contribution >= 0.6 is 0 Å². The monoisotopic (exact) mass is 218 g/mol. The van der Waals surface area contributed by atoms with Gasteiger partial charge in [-0.05, 0) is 30.5 Å². The fourth-order valence-electron chi connectivity index (χ4n) is 2.03. The molecule has 1 aromatic rings. The molecule has 0 radical (unpaired) electrons. The minimum absolute atomic E-state index is 0.0183. The summed E-state index contributed by atoms with van der Waals surface area (Å²) in [5.41, 5.74) is 7.91. The van der Waals surface area contributed by atoms with Crippen molar-refractivity contribution in [3.8, 4) is 0 Å². The Labute approximate surface area is 96.2 Å². The second kappa shape index (κ2) is 3.91. The highest BCUT2D eigenvalue weighted by Crippen LogP contribution is 2.28. The van der Waals surface area contributed by atoms with Gasteiger partial charge in [0.1, 0.15) is 6.04 Å². The third-order valence-corrected chi connectivity index (χ3v) is 3.29. The molecular weight excluding hydrogens is 200 g/mol. The maximum absolute atomic E-state index is 11.6. The lowest BCUT2D eigenvalue weighted by Crippen LogP contribution is -2.67. The van der Waals surface area contributed by atoms with Crippen LogP contribution in [0.5, 0.6) is 0 Å². The van der Waals surface area contributed by atoms with E-state index >= 15 is 0 Å². The number of β-lactam (4-membered cyclic amide) rings is 1. The molecule has 1 heterocycles. The van der Waals surface area contributed by atoms with E-state index in [1.807, 2.05) is 19.1 Å². The summed E-state index contributed by atoms with van der Waals surface area (Å²) in [6, 6.07) is 7.92. The third kappa shape index (κ3) is 1.61. The first-order chi connectivity index (χ1) is 7.52. The largest absolute Gasteiger partial charge is 0.318 e. The minimum Gasteiger partial charge on any atom is -0.318 e. The van der Waals surface area contributed by atoms with E-state index in [4.69, 9.17) is 5.73 Å². The number of anilines is 1. The van der Waals surface area contributed by atoms with Crippen LogP contribution in [0.2, 0.25) is 0 Å². The van der Waals surface area contributed by atoms with Crippen molar-refractivity contribution in [2.24, 2.45) is 5.73 Å². The molecule has 0 bridgehead atoms. The summed E-state index contributed by atoms with van der Waals surface area (Å²) >= 11 is 0. The van der Waals surface area contributed by atoms with Crippen LogP contribution in [0, 0.1) is 0 Å². The second-order valence-corrected chi connectivity index (χ2v) is 4.72. The van der Waals surface area contributed by atoms with Gasteiger partial charge < -0.3 is 10.6 Å². The van der Waals surface area contributed by atoms with Gasteiger partial charge in [-0.1, -0.05) is 26.0 Å². The molecule has 2 N–H and O–H groups in total. The first-order valence-electron chi connectivity index (χ1n) is 5.71. The molecule has 0 spiro atoms. The Morgan fingerprint density at radius 1 is 1.25 bits per heavy atom. The van der Waals surface area contributed by atoms with Crippen molar-refractivity contribution in [1.82, 2.24) is 0 Å². The Hall–Kier alpha value is -1.35. The zero-order valence-electron chi connectivity index (χ0n) is 9.97. The van der Waals surface area contributed by atoms with Gasteiger partial charge >= 0.3 is 0 Å². The van der Waals surface area contributed by atoms with Crippen molar-refractivity contribution < 1.29 is 4.79 Å². The smallest absolute Gasteiger partial charge is 0.246 e. The molecule has 86 valence electrons. The van der Waals surface area contributed by atoms with Crippen LogP contribution in [0.4, 0.5) is 5.69 Å². The first kappa shape index (κ1) is 11.1. The summed E-state index contributed by atoms with van der Waals surface area (Å²) in [4.78, 5) is 13.4. The van der Waals surface area contributed by atoms with Crippen LogP contribution in [-0.4, -0.2) is 18.0 Å². The number of carbonyl (C=O) groups excluding carboxylic acids is 1. The lowest BCUT2D eigenvalue weighted by Gasteiger charge is -2.43. The molecule has 0 unspecified atom stereocenters. The summed E-state index contributed by atoms with van der Waals surface area (Å²) in [5, 5.41) is 0. The summed E-state index contributed by atoms with van der Waals surface area (Å²) in [6.07, 6.45) is 0. The predicted molar refractivity (Wildman–Crippen MR) is 65.5 cm³/mol. The standard InChI is InChI=1S/C13H18N2O/c1-8(2)10-4-6-11(7-5-10)15-9(3)12(14)13(15)16/h4-9,12H,14H2,1-3H3/t9-,12+/m0/s1. The van der Waals surface area contributed by atoms with Gasteiger partial charge in [0.2, 0.25) is 5.91 Å². The van der Waals surface area contributed by atoms with E-state index in [1.54, 1.807) is 4.90 Å². The van der Waals surface area contributed by atoms with Gasteiger partial charge in [-0.25, -0.2) is 0 Å². The molecule has 16 heavy (non-hydrogen) atoms. The van der Waals surface area contributed by atoms with Gasteiger partial charge in [0.15, 0.2) is 0 Å². The molecule has 1 amide bonds. The highest BCUT2D eigenvalue weighted by atomic mass is 16.2. The van der Waals surface area contributed by atoms with Gasteiger partial charge in [0.25, 0.3) is 0 Å². The summed E-state index contributed by atoms with van der Waals surface area (Å²) in [6.45, 7) is 6.28. The molecule has 3 nitrogen and oxygen atoms in total. The van der Waals surface area contributed by atoms with E-state index in [-0.39, 0.29) is 18.0 Å². The Morgan fingerprint density at radius 3 is 2.25 bits per heavy atom. The van der Waals surface area contributed by atoms with Crippen LogP contribution in [0.3, 0.4) is 0 Å². The highest BCUT2D eigenvalue weighted by molar-refractivity contribution is 6.05. The quantitative estimate of drug-likeness (QED) is 0.770. The van der Waals surface area contributed by atoms with E-state index in [0.29, 0.717) is 5.92 Å². The molecule has 2 atom stereocenters. The Kier molecular flexibility index (Phi) is 2.72. The van der Waals surface area contributed by atoms with E-state index in [1.165, 1.54) is 5.56 Å². The zero-order chi connectivity index (χ0) is 11.9. The summed E-state index contributed by atoms with van der Waals surface area (Å²) < 4.78 is 0. The molecule has 2 rings (SSSR count). The molecular formula is C13H18N2O. The number of amides is 1. The first-order valence-corrected chi connectivity index (χ1v) is 5.71. The number of nitrogens with two attached hydrogens (primary N) is 1. The Bertz CT molecular complexity index is 397. The van der Waals surface area contributed by atoms with E-state index < -0.39 is 0 Å². The number of benzene rings is 1. The maximum Gasteiger partial charge on any atom is 0.246 e. The number of nitrogens with zero attached hydrogens (tertiary/aromatic N) is 1. The van der Waals surface area contributed by atoms with E-state index in [0.717, 1.165) is 5.69 Å². The molecule has 1 aliphatic rings. The van der Waals surface area contributed by atoms with E-state index in [2.05, 4.69) is 26.0 Å². The van der Waals surface area contributed by atoms with Crippen LogP contribution in [0.1, 0.15) is 32.3 Å². The normalized spacial score (nSPS) is 24.8. The van der Waals surface area contributed by atoms with Gasteiger partial charge in [-0.2, -0.15) is 0 Å². The van der Waals surface area contributed by atoms with E-state index in [9.17, 15) is 4.79 Å². The fraction of sp³-hybridized carbons (Fsp3) is 0.462. The Morgan fingerprint density at radius 2 is 1.81 bits per heavy atom. The molecule has 1 aromatic carbocycles. The van der Waals surface area contributed by atoms with Gasteiger partial charge in [0.05, 0.1) is 6.04 Å². The Balaban J connectivity index is 2.20. The second-order valence-electron chi connectivity index (χ2n) is 4.72. The number of rotatable bonds is 2. The van der Waals surface area contributed by atoms with Crippen molar-refractivity contribution in [2.45, 2.75) is 38.8 Å². The molecule has 3 heteroatoms. The average Bonchev–Trinajstić information content (AvgIpc) is 2.29.